The SMILES string of the molecule is CCS(=O)(=O)N1CCO[C@@H](c2cc(CCOc3ccc(OC)cc3)n(C)n2)C1. The zero-order chi connectivity index (χ0) is 20.1. The normalized spacial score (nSPS) is 18.2. The van der Waals surface area contributed by atoms with Crippen molar-refractivity contribution in [2.45, 2.75) is 19.4 Å². The summed E-state index contributed by atoms with van der Waals surface area (Å²) in [4.78, 5) is 0. The maximum atomic E-state index is 12.1. The van der Waals surface area contributed by atoms with E-state index >= 15 is 0 Å². The van der Waals surface area contributed by atoms with Crippen molar-refractivity contribution in [3.8, 4) is 11.5 Å². The lowest BCUT2D eigenvalue weighted by Gasteiger charge is -2.31. The molecule has 1 fully saturated rings. The number of benzene rings is 1. The van der Waals surface area contributed by atoms with Crippen molar-refractivity contribution in [1.82, 2.24) is 14.1 Å². The van der Waals surface area contributed by atoms with E-state index in [-0.39, 0.29) is 11.9 Å². The molecule has 154 valence electrons. The Kier molecular flexibility index (Phi) is 6.58. The number of rotatable bonds is 8. The lowest BCUT2D eigenvalue weighted by atomic mass is 10.2. The Morgan fingerprint density at radius 3 is 2.64 bits per heavy atom. The Morgan fingerprint density at radius 1 is 1.25 bits per heavy atom. The minimum Gasteiger partial charge on any atom is -0.497 e. The molecule has 2 aromatic rings. The van der Waals surface area contributed by atoms with Crippen molar-refractivity contribution < 1.29 is 22.6 Å². The molecule has 0 N–H and O–H groups in total. The summed E-state index contributed by atoms with van der Waals surface area (Å²) in [5.74, 6) is 1.66. The van der Waals surface area contributed by atoms with Crippen molar-refractivity contribution in [2.24, 2.45) is 7.05 Å². The van der Waals surface area contributed by atoms with Crippen LogP contribution in [0.2, 0.25) is 0 Å². The smallest absolute Gasteiger partial charge is 0.214 e. The van der Waals surface area contributed by atoms with Crippen molar-refractivity contribution >= 4 is 10.0 Å². The monoisotopic (exact) mass is 409 g/mol. The van der Waals surface area contributed by atoms with Gasteiger partial charge >= 0.3 is 0 Å². The molecule has 1 atom stereocenters. The highest BCUT2D eigenvalue weighted by Crippen LogP contribution is 2.24. The summed E-state index contributed by atoms with van der Waals surface area (Å²) < 4.78 is 44.3. The molecule has 1 aliphatic rings. The first-order chi connectivity index (χ1) is 13.4. The molecule has 0 spiro atoms. The van der Waals surface area contributed by atoms with E-state index in [2.05, 4.69) is 5.10 Å². The van der Waals surface area contributed by atoms with Gasteiger partial charge in [-0.25, -0.2) is 8.42 Å². The van der Waals surface area contributed by atoms with E-state index in [0.717, 1.165) is 22.9 Å². The van der Waals surface area contributed by atoms with Gasteiger partial charge in [0.25, 0.3) is 0 Å². The summed E-state index contributed by atoms with van der Waals surface area (Å²) >= 11 is 0. The Morgan fingerprint density at radius 2 is 1.96 bits per heavy atom. The largest absolute Gasteiger partial charge is 0.497 e. The number of methoxy groups -OCH3 is 1. The maximum Gasteiger partial charge on any atom is 0.214 e. The molecule has 2 heterocycles. The minimum atomic E-state index is -3.23. The van der Waals surface area contributed by atoms with Crippen LogP contribution in [-0.4, -0.2) is 61.7 Å². The van der Waals surface area contributed by atoms with Crippen LogP contribution in [0.5, 0.6) is 11.5 Å². The third-order valence-electron chi connectivity index (χ3n) is 4.80. The zero-order valence-corrected chi connectivity index (χ0v) is 17.3. The third kappa shape index (κ3) is 4.84. The van der Waals surface area contributed by atoms with Gasteiger partial charge in [0.15, 0.2) is 0 Å². The lowest BCUT2D eigenvalue weighted by Crippen LogP contribution is -2.43. The van der Waals surface area contributed by atoms with Crippen LogP contribution in [0.25, 0.3) is 0 Å². The molecule has 0 saturated carbocycles. The number of aromatic nitrogens is 2. The minimum absolute atomic E-state index is 0.0931. The van der Waals surface area contributed by atoms with Crippen LogP contribution >= 0.6 is 0 Å². The van der Waals surface area contributed by atoms with Crippen molar-refractivity contribution in [1.29, 1.82) is 0 Å². The number of morpholine rings is 1. The Hall–Kier alpha value is -2.10. The Balaban J connectivity index is 1.59. The van der Waals surface area contributed by atoms with Crippen molar-refractivity contribution in [3.05, 3.63) is 41.7 Å². The first kappa shape index (κ1) is 20.6. The highest BCUT2D eigenvalue weighted by molar-refractivity contribution is 7.89. The summed E-state index contributed by atoms with van der Waals surface area (Å²) in [5.41, 5.74) is 1.75. The van der Waals surface area contributed by atoms with Gasteiger partial charge < -0.3 is 14.2 Å². The fourth-order valence-electron chi connectivity index (χ4n) is 3.11. The van der Waals surface area contributed by atoms with Crippen LogP contribution in [0.1, 0.15) is 24.4 Å². The summed E-state index contributed by atoms with van der Waals surface area (Å²) in [7, 11) is 0.273. The van der Waals surface area contributed by atoms with E-state index in [4.69, 9.17) is 14.2 Å². The number of hydrogen-bond acceptors (Lipinski definition) is 6. The van der Waals surface area contributed by atoms with E-state index in [1.165, 1.54) is 4.31 Å². The van der Waals surface area contributed by atoms with Crippen molar-refractivity contribution in [2.75, 3.05) is 39.2 Å². The van der Waals surface area contributed by atoms with Gasteiger partial charge in [-0.05, 0) is 37.3 Å². The van der Waals surface area contributed by atoms with Crippen LogP contribution < -0.4 is 9.47 Å². The molecule has 9 heteroatoms. The van der Waals surface area contributed by atoms with Gasteiger partial charge in [-0.1, -0.05) is 0 Å². The van der Waals surface area contributed by atoms with Gasteiger partial charge in [-0.2, -0.15) is 9.40 Å². The quantitative estimate of drug-likeness (QED) is 0.661. The number of nitrogens with zero attached hydrogens (tertiary/aromatic N) is 3. The van der Waals surface area contributed by atoms with Crippen LogP contribution in [-0.2, 0) is 28.2 Å². The molecule has 0 radical (unpaired) electrons. The number of hydrogen-bond donors (Lipinski definition) is 0. The molecule has 0 bridgehead atoms. The number of ether oxygens (including phenoxy) is 3. The summed E-state index contributed by atoms with van der Waals surface area (Å²) in [6.45, 7) is 3.22. The zero-order valence-electron chi connectivity index (χ0n) is 16.5. The molecular formula is C19H27N3O5S. The number of sulfonamides is 1. The van der Waals surface area contributed by atoms with Gasteiger partial charge in [0.05, 0.1) is 31.8 Å². The maximum absolute atomic E-state index is 12.1. The van der Waals surface area contributed by atoms with E-state index in [0.29, 0.717) is 32.7 Å². The second-order valence-electron chi connectivity index (χ2n) is 6.58. The summed E-state index contributed by atoms with van der Waals surface area (Å²) in [5, 5.41) is 4.52. The van der Waals surface area contributed by atoms with Gasteiger partial charge in [0.2, 0.25) is 10.0 Å². The topological polar surface area (TPSA) is 82.9 Å². The summed E-state index contributed by atoms with van der Waals surface area (Å²) in [6, 6.07) is 9.41. The van der Waals surface area contributed by atoms with Crippen LogP contribution in [0.4, 0.5) is 0 Å². The average Bonchev–Trinajstić information content (AvgIpc) is 3.09. The molecule has 0 unspecified atom stereocenters. The average molecular weight is 410 g/mol. The fraction of sp³-hybridized carbons (Fsp3) is 0.526. The van der Waals surface area contributed by atoms with Crippen LogP contribution in [0, 0.1) is 0 Å². The summed E-state index contributed by atoms with van der Waals surface area (Å²) in [6.07, 6.45) is 0.330. The van der Waals surface area contributed by atoms with E-state index in [1.54, 1.807) is 18.7 Å². The van der Waals surface area contributed by atoms with E-state index < -0.39 is 10.0 Å². The molecule has 1 saturated heterocycles. The van der Waals surface area contributed by atoms with E-state index in [1.807, 2.05) is 37.4 Å². The van der Waals surface area contributed by atoms with Gasteiger partial charge in [0.1, 0.15) is 17.6 Å². The molecule has 1 aliphatic heterocycles. The first-order valence-corrected chi connectivity index (χ1v) is 10.9. The molecule has 0 amide bonds. The predicted octanol–water partition coefficient (Wildman–Crippen LogP) is 1.77. The lowest BCUT2D eigenvalue weighted by molar-refractivity contribution is -0.00515. The van der Waals surface area contributed by atoms with Gasteiger partial charge in [-0.3, -0.25) is 4.68 Å². The number of aryl methyl sites for hydroxylation is 1. The molecule has 0 aliphatic carbocycles. The van der Waals surface area contributed by atoms with Gasteiger partial charge in [-0.15, -0.1) is 0 Å². The molecular weight excluding hydrogens is 382 g/mol. The molecule has 1 aromatic heterocycles. The van der Waals surface area contributed by atoms with Crippen molar-refractivity contribution in [3.63, 3.8) is 0 Å². The predicted molar refractivity (Wildman–Crippen MR) is 105 cm³/mol. The molecule has 1 aromatic carbocycles. The Labute approximate surface area is 166 Å². The highest BCUT2D eigenvalue weighted by atomic mass is 32.2. The second-order valence-corrected chi connectivity index (χ2v) is 8.83. The second kappa shape index (κ2) is 8.93. The first-order valence-electron chi connectivity index (χ1n) is 9.32. The molecule has 8 nitrogen and oxygen atoms in total. The standard InChI is InChI=1S/C19H27N3O5S/c1-4-28(23,24)22-10-12-27-19(14-22)18-13-15(21(2)20-18)9-11-26-17-7-5-16(25-3)6-8-17/h5-8,13,19H,4,9-12,14H2,1-3H3/t19-/m1/s1. The highest BCUT2D eigenvalue weighted by Gasteiger charge is 2.30. The Bertz CT molecular complexity index is 879. The van der Waals surface area contributed by atoms with E-state index in [9.17, 15) is 8.42 Å². The molecule has 3 rings (SSSR count). The third-order valence-corrected chi connectivity index (χ3v) is 6.65. The van der Waals surface area contributed by atoms with Crippen LogP contribution in [0.3, 0.4) is 0 Å². The molecule has 28 heavy (non-hydrogen) atoms. The van der Waals surface area contributed by atoms with Gasteiger partial charge in [0, 0.05) is 32.3 Å². The fourth-order valence-corrected chi connectivity index (χ4v) is 4.19. The van der Waals surface area contributed by atoms with Crippen LogP contribution in [0.15, 0.2) is 30.3 Å².